The smallest absolute Gasteiger partial charge is 0.248 e. The van der Waals surface area contributed by atoms with Crippen LogP contribution in [0, 0.1) is 6.92 Å². The molecule has 1 amide bonds. The van der Waals surface area contributed by atoms with Crippen LogP contribution in [0.3, 0.4) is 0 Å². The molecule has 110 valence electrons. The van der Waals surface area contributed by atoms with E-state index >= 15 is 0 Å². The number of ether oxygens (including phenoxy) is 1. The third kappa shape index (κ3) is 2.75. The first kappa shape index (κ1) is 14.0. The molecule has 1 aromatic heterocycles. The van der Waals surface area contributed by atoms with Crippen molar-refractivity contribution in [3.8, 4) is 0 Å². The minimum Gasteiger partial charge on any atom is -0.363 e. The number of hydrogen-bond acceptors (Lipinski definition) is 4. The van der Waals surface area contributed by atoms with Gasteiger partial charge in [-0.25, -0.2) is 0 Å². The minimum absolute atomic E-state index is 0.0239. The summed E-state index contributed by atoms with van der Waals surface area (Å²) in [5, 5.41) is 2.69. The Bertz CT molecular complexity index is 488. The number of likely N-dealkylation sites (tertiary alicyclic amines) is 1. The Morgan fingerprint density at radius 2 is 2.30 bits per heavy atom. The van der Waals surface area contributed by atoms with Crippen molar-refractivity contribution in [1.82, 2.24) is 10.2 Å². The quantitative estimate of drug-likeness (QED) is 0.926. The highest BCUT2D eigenvalue weighted by atomic mass is 32.1. The highest BCUT2D eigenvalue weighted by Gasteiger charge is 2.41. The Labute approximate surface area is 124 Å². The van der Waals surface area contributed by atoms with Gasteiger partial charge in [0, 0.05) is 35.9 Å². The van der Waals surface area contributed by atoms with Gasteiger partial charge in [-0.05, 0) is 38.3 Å². The Morgan fingerprint density at radius 3 is 3.00 bits per heavy atom. The predicted octanol–water partition coefficient (Wildman–Crippen LogP) is 1.92. The van der Waals surface area contributed by atoms with E-state index in [-0.39, 0.29) is 18.1 Å². The number of carbonyl (C=O) groups is 1. The van der Waals surface area contributed by atoms with Crippen molar-refractivity contribution in [2.45, 2.75) is 51.0 Å². The van der Waals surface area contributed by atoms with Gasteiger partial charge in [0.1, 0.15) is 6.10 Å². The van der Waals surface area contributed by atoms with Gasteiger partial charge >= 0.3 is 0 Å². The van der Waals surface area contributed by atoms with Crippen molar-refractivity contribution >= 4 is 17.2 Å². The maximum absolute atomic E-state index is 11.7. The van der Waals surface area contributed by atoms with Crippen molar-refractivity contribution in [2.75, 3.05) is 13.6 Å². The first-order chi connectivity index (χ1) is 9.67. The second-order valence-electron chi connectivity index (χ2n) is 5.69. The minimum atomic E-state index is -0.245. The summed E-state index contributed by atoms with van der Waals surface area (Å²) < 4.78 is 5.99. The summed E-state index contributed by atoms with van der Waals surface area (Å²) >= 11 is 1.88. The van der Waals surface area contributed by atoms with Crippen LogP contribution >= 0.6 is 11.3 Å². The molecule has 0 unspecified atom stereocenters. The largest absolute Gasteiger partial charge is 0.363 e. The number of likely N-dealkylation sites (N-methyl/N-ethyl adjacent to an activating group) is 1. The van der Waals surface area contributed by atoms with Gasteiger partial charge in [-0.3, -0.25) is 9.69 Å². The van der Waals surface area contributed by atoms with Crippen LogP contribution in [-0.2, 0) is 16.1 Å². The van der Waals surface area contributed by atoms with Crippen LogP contribution < -0.4 is 5.32 Å². The second kappa shape index (κ2) is 5.84. The van der Waals surface area contributed by atoms with Gasteiger partial charge in [0.15, 0.2) is 0 Å². The Hall–Kier alpha value is -0.910. The van der Waals surface area contributed by atoms with E-state index in [4.69, 9.17) is 4.74 Å². The van der Waals surface area contributed by atoms with Gasteiger partial charge in [0.2, 0.25) is 5.91 Å². The molecule has 2 fully saturated rings. The fourth-order valence-electron chi connectivity index (χ4n) is 3.34. The van der Waals surface area contributed by atoms with E-state index in [0.29, 0.717) is 6.04 Å². The van der Waals surface area contributed by atoms with Gasteiger partial charge in [-0.1, -0.05) is 0 Å². The predicted molar refractivity (Wildman–Crippen MR) is 79.8 cm³/mol. The fourth-order valence-corrected chi connectivity index (χ4v) is 4.25. The molecule has 1 aromatic rings. The first-order valence-corrected chi connectivity index (χ1v) is 8.15. The number of rotatable bonds is 3. The summed E-state index contributed by atoms with van der Waals surface area (Å²) in [6.45, 7) is 4.25. The maximum Gasteiger partial charge on any atom is 0.248 e. The molecule has 1 N–H and O–H groups in total. The van der Waals surface area contributed by atoms with Gasteiger partial charge in [-0.2, -0.15) is 0 Å². The van der Waals surface area contributed by atoms with E-state index in [9.17, 15) is 4.79 Å². The lowest BCUT2D eigenvalue weighted by Crippen LogP contribution is -2.46. The molecule has 3 rings (SSSR count). The van der Waals surface area contributed by atoms with Gasteiger partial charge in [-0.15, -0.1) is 11.3 Å². The second-order valence-corrected chi connectivity index (χ2v) is 7.07. The molecule has 3 heterocycles. The molecular weight excluding hydrogens is 272 g/mol. The van der Waals surface area contributed by atoms with Crippen LogP contribution in [0.15, 0.2) is 12.1 Å². The van der Waals surface area contributed by atoms with Crippen LogP contribution in [0.1, 0.15) is 29.0 Å². The molecule has 0 saturated carbocycles. The molecule has 0 aromatic carbocycles. The van der Waals surface area contributed by atoms with Crippen molar-refractivity contribution in [2.24, 2.45) is 0 Å². The number of amides is 1. The van der Waals surface area contributed by atoms with Crippen LogP contribution in [0.4, 0.5) is 0 Å². The van der Waals surface area contributed by atoms with E-state index in [2.05, 4.69) is 29.3 Å². The van der Waals surface area contributed by atoms with Crippen LogP contribution in [0.2, 0.25) is 0 Å². The van der Waals surface area contributed by atoms with Crippen molar-refractivity contribution in [1.29, 1.82) is 0 Å². The Morgan fingerprint density at radius 1 is 1.45 bits per heavy atom. The summed E-state index contributed by atoms with van der Waals surface area (Å²) in [5.41, 5.74) is 0. The number of nitrogens with one attached hydrogen (secondary N) is 1. The summed E-state index contributed by atoms with van der Waals surface area (Å²) in [5.74, 6) is 0.0239. The monoisotopic (exact) mass is 294 g/mol. The average molecular weight is 294 g/mol. The number of thiophene rings is 1. The highest BCUT2D eigenvalue weighted by Crippen LogP contribution is 2.33. The summed E-state index contributed by atoms with van der Waals surface area (Å²) in [6.07, 6.45) is 2.92. The first-order valence-electron chi connectivity index (χ1n) is 7.34. The van der Waals surface area contributed by atoms with Crippen molar-refractivity contribution in [3.63, 3.8) is 0 Å². The molecule has 2 aliphatic rings. The zero-order valence-corrected chi connectivity index (χ0v) is 12.9. The van der Waals surface area contributed by atoms with E-state index < -0.39 is 0 Å². The van der Waals surface area contributed by atoms with Gasteiger partial charge < -0.3 is 10.1 Å². The number of nitrogens with zero attached hydrogens (tertiary/aromatic N) is 1. The molecule has 2 saturated heterocycles. The number of aryl methyl sites for hydroxylation is 1. The third-order valence-corrected chi connectivity index (χ3v) is 5.34. The number of fused-ring (bicyclic) bond motifs is 1. The molecule has 20 heavy (non-hydrogen) atoms. The molecular formula is C15H22N2O2S. The fraction of sp³-hybridized carbons (Fsp3) is 0.667. The Balaban J connectivity index is 1.61. The molecule has 0 bridgehead atoms. The van der Waals surface area contributed by atoms with E-state index in [1.165, 1.54) is 9.75 Å². The van der Waals surface area contributed by atoms with E-state index in [1.54, 1.807) is 7.05 Å². The van der Waals surface area contributed by atoms with Crippen LogP contribution in [-0.4, -0.2) is 42.6 Å². The zero-order chi connectivity index (χ0) is 14.1. The molecule has 0 aliphatic carbocycles. The molecule has 2 aliphatic heterocycles. The molecule has 3 atom stereocenters. The van der Waals surface area contributed by atoms with E-state index in [1.807, 2.05) is 11.3 Å². The number of carbonyl (C=O) groups excluding carboxylic acids is 1. The molecule has 5 heteroatoms. The SMILES string of the molecule is CNC(=O)[C@H]1CC[C@@H]2[C@@H](CCN2Cc2ccc(C)s2)O1. The third-order valence-electron chi connectivity index (χ3n) is 4.36. The van der Waals surface area contributed by atoms with Crippen LogP contribution in [0.25, 0.3) is 0 Å². The molecule has 0 radical (unpaired) electrons. The van der Waals surface area contributed by atoms with E-state index in [0.717, 1.165) is 32.4 Å². The summed E-state index contributed by atoms with van der Waals surface area (Å²) in [7, 11) is 1.68. The molecule has 4 nitrogen and oxygen atoms in total. The summed E-state index contributed by atoms with van der Waals surface area (Å²) in [6, 6.07) is 4.90. The highest BCUT2D eigenvalue weighted by molar-refractivity contribution is 7.11. The van der Waals surface area contributed by atoms with Crippen molar-refractivity contribution in [3.05, 3.63) is 21.9 Å². The standard InChI is InChI=1S/C15H22N2O2S/c1-10-3-4-11(20-10)9-17-8-7-13-12(17)5-6-14(19-13)15(18)16-2/h3-4,12-14H,5-9H2,1-2H3,(H,16,18)/t12-,13-,14-/m1/s1. The topological polar surface area (TPSA) is 41.6 Å². The zero-order valence-electron chi connectivity index (χ0n) is 12.1. The number of hydrogen-bond donors (Lipinski definition) is 1. The van der Waals surface area contributed by atoms with Gasteiger partial charge in [0.05, 0.1) is 6.10 Å². The van der Waals surface area contributed by atoms with Crippen LogP contribution in [0.5, 0.6) is 0 Å². The lowest BCUT2D eigenvalue weighted by Gasteiger charge is -2.35. The van der Waals surface area contributed by atoms with Crippen molar-refractivity contribution < 1.29 is 9.53 Å². The molecule has 0 spiro atoms. The van der Waals surface area contributed by atoms with Gasteiger partial charge in [0.25, 0.3) is 0 Å². The Kier molecular flexibility index (Phi) is 4.10. The maximum atomic E-state index is 11.7. The lowest BCUT2D eigenvalue weighted by molar-refractivity contribution is -0.143. The average Bonchev–Trinajstić information content (AvgIpc) is 3.05. The summed E-state index contributed by atoms with van der Waals surface area (Å²) in [4.78, 5) is 17.0. The normalized spacial score (nSPS) is 30.2. The lowest BCUT2D eigenvalue weighted by atomic mass is 9.98.